The van der Waals surface area contributed by atoms with Crippen LogP contribution in [0.3, 0.4) is 0 Å². The molecule has 2 unspecified atom stereocenters. The molecule has 0 aromatic heterocycles. The quantitative estimate of drug-likeness (QED) is 0.832. The Labute approximate surface area is 134 Å². The van der Waals surface area contributed by atoms with Crippen molar-refractivity contribution in [2.24, 2.45) is 0 Å². The summed E-state index contributed by atoms with van der Waals surface area (Å²) in [5.74, 6) is 0.225. The monoisotopic (exact) mass is 323 g/mol. The van der Waals surface area contributed by atoms with Crippen LogP contribution in [0.5, 0.6) is 5.75 Å². The van der Waals surface area contributed by atoms with Crippen LogP contribution in [-0.4, -0.2) is 67.9 Å². The zero-order valence-corrected chi connectivity index (χ0v) is 13.2. The third-order valence-electron chi connectivity index (χ3n) is 4.48. The number of carbonyl (C=O) groups is 1. The van der Waals surface area contributed by atoms with Crippen LogP contribution in [0.2, 0.25) is 0 Å². The minimum atomic E-state index is -0.436. The van der Waals surface area contributed by atoms with E-state index in [0.717, 1.165) is 5.69 Å². The van der Waals surface area contributed by atoms with Gasteiger partial charge in [0, 0.05) is 38.8 Å². The summed E-state index contributed by atoms with van der Waals surface area (Å²) >= 11 is 0. The lowest BCUT2D eigenvalue weighted by molar-refractivity contribution is -0.133. The molecule has 2 saturated heterocycles. The Balaban J connectivity index is 1.61. The molecule has 0 bridgehead atoms. The standard InChI is InChI=1S/C16H22FN3O3/c1-23-15-8-11(17)2-3-14(15)19-4-6-20(7-5-19)16(22)13-9-12(21)10-18-13/h2-3,8,12-13,18,21H,4-7,9-10H2,1H3. The number of piperazine rings is 1. The first-order chi connectivity index (χ1) is 11.1. The lowest BCUT2D eigenvalue weighted by atomic mass is 10.1. The topological polar surface area (TPSA) is 65.0 Å². The van der Waals surface area contributed by atoms with Crippen LogP contribution in [0.4, 0.5) is 10.1 Å². The van der Waals surface area contributed by atoms with E-state index in [4.69, 9.17) is 4.74 Å². The van der Waals surface area contributed by atoms with Gasteiger partial charge in [-0.15, -0.1) is 0 Å². The molecule has 2 atom stereocenters. The summed E-state index contributed by atoms with van der Waals surface area (Å²) in [6.07, 6.45) is 0.0406. The second-order valence-corrected chi connectivity index (χ2v) is 5.98. The fourth-order valence-electron chi connectivity index (χ4n) is 3.21. The number of aliphatic hydroxyl groups excluding tert-OH is 1. The van der Waals surface area contributed by atoms with E-state index in [2.05, 4.69) is 10.2 Å². The first-order valence-corrected chi connectivity index (χ1v) is 7.87. The number of amides is 1. The van der Waals surface area contributed by atoms with Crippen LogP contribution in [0.15, 0.2) is 18.2 Å². The number of halogens is 1. The van der Waals surface area contributed by atoms with Crippen molar-refractivity contribution in [2.45, 2.75) is 18.6 Å². The summed E-state index contributed by atoms with van der Waals surface area (Å²) in [4.78, 5) is 16.3. The maximum atomic E-state index is 13.3. The second kappa shape index (κ2) is 6.72. The Morgan fingerprint density at radius 2 is 2.09 bits per heavy atom. The number of rotatable bonds is 3. The summed E-state index contributed by atoms with van der Waals surface area (Å²) in [5.41, 5.74) is 0.843. The van der Waals surface area contributed by atoms with Crippen LogP contribution < -0.4 is 15.0 Å². The van der Waals surface area contributed by atoms with Crippen LogP contribution in [0.1, 0.15) is 6.42 Å². The number of β-amino-alcohol motifs (C(OH)–C–C–N with tert-alkyl or cyclic N) is 1. The number of anilines is 1. The van der Waals surface area contributed by atoms with Crippen molar-refractivity contribution in [1.29, 1.82) is 0 Å². The second-order valence-electron chi connectivity index (χ2n) is 5.98. The minimum Gasteiger partial charge on any atom is -0.494 e. The van der Waals surface area contributed by atoms with Gasteiger partial charge in [-0.3, -0.25) is 4.79 Å². The number of aliphatic hydroxyl groups is 1. The number of carbonyl (C=O) groups excluding carboxylic acids is 1. The third kappa shape index (κ3) is 3.40. The predicted molar refractivity (Wildman–Crippen MR) is 84.2 cm³/mol. The lowest BCUT2D eigenvalue weighted by Crippen LogP contribution is -2.53. The molecule has 0 spiro atoms. The molecule has 2 fully saturated rings. The van der Waals surface area contributed by atoms with Gasteiger partial charge >= 0.3 is 0 Å². The van der Waals surface area contributed by atoms with E-state index < -0.39 is 6.10 Å². The first-order valence-electron chi connectivity index (χ1n) is 7.87. The Morgan fingerprint density at radius 1 is 1.35 bits per heavy atom. The molecule has 126 valence electrons. The molecule has 3 rings (SSSR count). The zero-order chi connectivity index (χ0) is 16.4. The van der Waals surface area contributed by atoms with Gasteiger partial charge in [-0.25, -0.2) is 4.39 Å². The van der Waals surface area contributed by atoms with E-state index in [1.165, 1.54) is 19.2 Å². The van der Waals surface area contributed by atoms with Crippen molar-refractivity contribution in [2.75, 3.05) is 44.7 Å². The molecule has 0 aliphatic carbocycles. The van der Waals surface area contributed by atoms with E-state index >= 15 is 0 Å². The largest absolute Gasteiger partial charge is 0.494 e. The SMILES string of the molecule is COc1cc(F)ccc1N1CCN(C(=O)C2CC(O)CN2)CC1. The van der Waals surface area contributed by atoms with Gasteiger partial charge in [-0.2, -0.15) is 0 Å². The number of benzene rings is 1. The summed E-state index contributed by atoms with van der Waals surface area (Å²) in [6.45, 7) is 3.02. The van der Waals surface area contributed by atoms with Crippen molar-refractivity contribution < 1.29 is 19.0 Å². The molecule has 1 amide bonds. The lowest BCUT2D eigenvalue weighted by Gasteiger charge is -2.37. The first kappa shape index (κ1) is 16.0. The highest BCUT2D eigenvalue weighted by atomic mass is 19.1. The molecule has 6 nitrogen and oxygen atoms in total. The Bertz CT molecular complexity index is 576. The predicted octanol–water partition coefficient (Wildman–Crippen LogP) is 0.206. The highest BCUT2D eigenvalue weighted by molar-refractivity contribution is 5.82. The van der Waals surface area contributed by atoms with Crippen LogP contribution in [0, 0.1) is 5.82 Å². The molecule has 2 aliphatic rings. The number of nitrogens with zero attached hydrogens (tertiary/aromatic N) is 2. The van der Waals surface area contributed by atoms with E-state index in [1.54, 1.807) is 6.07 Å². The smallest absolute Gasteiger partial charge is 0.239 e. The van der Waals surface area contributed by atoms with Gasteiger partial charge in [0.1, 0.15) is 11.6 Å². The molecule has 0 radical (unpaired) electrons. The number of hydrogen-bond donors (Lipinski definition) is 2. The fourth-order valence-corrected chi connectivity index (χ4v) is 3.21. The van der Waals surface area contributed by atoms with E-state index in [1.807, 2.05) is 4.90 Å². The zero-order valence-electron chi connectivity index (χ0n) is 13.2. The van der Waals surface area contributed by atoms with Crippen molar-refractivity contribution >= 4 is 11.6 Å². The summed E-state index contributed by atoms with van der Waals surface area (Å²) in [7, 11) is 1.52. The molecule has 7 heteroatoms. The summed E-state index contributed by atoms with van der Waals surface area (Å²) < 4.78 is 18.5. The van der Waals surface area contributed by atoms with E-state index in [9.17, 15) is 14.3 Å². The van der Waals surface area contributed by atoms with Crippen molar-refractivity contribution in [3.8, 4) is 5.75 Å². The van der Waals surface area contributed by atoms with E-state index in [-0.39, 0.29) is 17.8 Å². The number of nitrogens with one attached hydrogen (secondary N) is 1. The van der Waals surface area contributed by atoms with Gasteiger partial charge < -0.3 is 25.0 Å². The van der Waals surface area contributed by atoms with Gasteiger partial charge in [-0.05, 0) is 18.6 Å². The number of methoxy groups -OCH3 is 1. The Hall–Kier alpha value is -1.86. The maximum absolute atomic E-state index is 13.3. The summed E-state index contributed by atoms with van der Waals surface area (Å²) in [6, 6.07) is 4.22. The van der Waals surface area contributed by atoms with Gasteiger partial charge in [0.05, 0.1) is 24.9 Å². The molecule has 1 aromatic carbocycles. The molecule has 0 saturated carbocycles. The van der Waals surface area contributed by atoms with E-state index in [0.29, 0.717) is 44.9 Å². The maximum Gasteiger partial charge on any atom is 0.239 e. The Morgan fingerprint density at radius 3 is 2.70 bits per heavy atom. The van der Waals surface area contributed by atoms with Crippen molar-refractivity contribution in [1.82, 2.24) is 10.2 Å². The Kier molecular flexibility index (Phi) is 4.68. The average molecular weight is 323 g/mol. The third-order valence-corrected chi connectivity index (χ3v) is 4.48. The van der Waals surface area contributed by atoms with Gasteiger partial charge in [0.15, 0.2) is 0 Å². The van der Waals surface area contributed by atoms with Crippen LogP contribution in [-0.2, 0) is 4.79 Å². The van der Waals surface area contributed by atoms with Gasteiger partial charge in [-0.1, -0.05) is 0 Å². The van der Waals surface area contributed by atoms with Crippen LogP contribution >= 0.6 is 0 Å². The molecule has 2 N–H and O–H groups in total. The van der Waals surface area contributed by atoms with Crippen LogP contribution in [0.25, 0.3) is 0 Å². The fraction of sp³-hybridized carbons (Fsp3) is 0.562. The van der Waals surface area contributed by atoms with Crippen molar-refractivity contribution in [3.63, 3.8) is 0 Å². The molecular weight excluding hydrogens is 301 g/mol. The molecule has 1 aromatic rings. The normalized spacial score (nSPS) is 24.8. The van der Waals surface area contributed by atoms with Gasteiger partial charge in [0.2, 0.25) is 5.91 Å². The number of ether oxygens (including phenoxy) is 1. The average Bonchev–Trinajstić information content (AvgIpc) is 3.00. The highest BCUT2D eigenvalue weighted by Gasteiger charge is 2.33. The van der Waals surface area contributed by atoms with Gasteiger partial charge in [0.25, 0.3) is 0 Å². The highest BCUT2D eigenvalue weighted by Crippen LogP contribution is 2.29. The molecular formula is C16H22FN3O3. The molecule has 23 heavy (non-hydrogen) atoms. The molecule has 2 heterocycles. The number of hydrogen-bond acceptors (Lipinski definition) is 5. The minimum absolute atomic E-state index is 0.0484. The molecule has 2 aliphatic heterocycles. The summed E-state index contributed by atoms with van der Waals surface area (Å²) in [5, 5.41) is 12.6. The van der Waals surface area contributed by atoms with Crippen molar-refractivity contribution in [3.05, 3.63) is 24.0 Å².